The first-order chi connectivity index (χ1) is 9.04. The Balaban J connectivity index is 2.55. The predicted molar refractivity (Wildman–Crippen MR) is 71.3 cm³/mol. The molecule has 0 fully saturated rings. The number of rotatable bonds is 7. The number of carboxylic acid groups (broad SMARTS) is 1. The average Bonchev–Trinajstić information content (AvgIpc) is 2.38. The van der Waals surface area contributed by atoms with Gasteiger partial charge >= 0.3 is 5.97 Å². The SMILES string of the molecule is CCOc1ccccc1NC(=O)CNC(C)C(=O)O. The van der Waals surface area contributed by atoms with Crippen molar-refractivity contribution >= 4 is 17.6 Å². The lowest BCUT2D eigenvalue weighted by Crippen LogP contribution is -2.39. The molecular weight excluding hydrogens is 248 g/mol. The highest BCUT2D eigenvalue weighted by Gasteiger charge is 2.12. The molecule has 1 unspecified atom stereocenters. The standard InChI is InChI=1S/C13H18N2O4/c1-3-19-11-7-5-4-6-10(11)15-12(16)8-14-9(2)13(17)18/h4-7,9,14H,3,8H2,1-2H3,(H,15,16)(H,17,18). The zero-order valence-corrected chi connectivity index (χ0v) is 11.0. The second-order valence-corrected chi connectivity index (χ2v) is 3.92. The molecule has 0 aliphatic heterocycles. The molecule has 0 saturated carbocycles. The number of hydrogen-bond donors (Lipinski definition) is 3. The first-order valence-corrected chi connectivity index (χ1v) is 6.02. The summed E-state index contributed by atoms with van der Waals surface area (Å²) in [6.07, 6.45) is 0. The molecule has 1 rings (SSSR count). The number of carbonyl (C=O) groups excluding carboxylic acids is 1. The highest BCUT2D eigenvalue weighted by atomic mass is 16.5. The van der Waals surface area contributed by atoms with Gasteiger partial charge in [-0.05, 0) is 26.0 Å². The van der Waals surface area contributed by atoms with E-state index in [1.165, 1.54) is 6.92 Å². The van der Waals surface area contributed by atoms with Gasteiger partial charge in [0.1, 0.15) is 11.8 Å². The maximum Gasteiger partial charge on any atom is 0.320 e. The van der Waals surface area contributed by atoms with Crippen molar-refractivity contribution in [2.75, 3.05) is 18.5 Å². The van der Waals surface area contributed by atoms with E-state index in [-0.39, 0.29) is 12.5 Å². The fraction of sp³-hybridized carbons (Fsp3) is 0.385. The lowest BCUT2D eigenvalue weighted by molar-refractivity contribution is -0.139. The summed E-state index contributed by atoms with van der Waals surface area (Å²) in [6, 6.07) is 6.31. The van der Waals surface area contributed by atoms with Gasteiger partial charge in [0.05, 0.1) is 18.8 Å². The molecule has 0 heterocycles. The Kier molecular flexibility index (Phi) is 5.81. The molecule has 0 spiro atoms. The first kappa shape index (κ1) is 15.0. The molecule has 1 atom stereocenters. The van der Waals surface area contributed by atoms with Crippen molar-refractivity contribution in [2.24, 2.45) is 0 Å². The van der Waals surface area contributed by atoms with Crippen LogP contribution in [0.4, 0.5) is 5.69 Å². The van der Waals surface area contributed by atoms with Gasteiger partial charge in [0.2, 0.25) is 5.91 Å². The topological polar surface area (TPSA) is 87.7 Å². The summed E-state index contributed by atoms with van der Waals surface area (Å²) in [5.41, 5.74) is 0.569. The summed E-state index contributed by atoms with van der Waals surface area (Å²) in [5, 5.41) is 14.0. The molecule has 0 aliphatic rings. The van der Waals surface area contributed by atoms with Crippen LogP contribution in [0.2, 0.25) is 0 Å². The van der Waals surface area contributed by atoms with Crippen molar-refractivity contribution in [1.29, 1.82) is 0 Å². The van der Waals surface area contributed by atoms with Crippen LogP contribution in [0.5, 0.6) is 5.75 Å². The number of nitrogens with one attached hydrogen (secondary N) is 2. The van der Waals surface area contributed by atoms with E-state index >= 15 is 0 Å². The van der Waals surface area contributed by atoms with E-state index in [1.54, 1.807) is 18.2 Å². The van der Waals surface area contributed by atoms with Crippen molar-refractivity contribution in [3.63, 3.8) is 0 Å². The van der Waals surface area contributed by atoms with Crippen molar-refractivity contribution < 1.29 is 19.4 Å². The van der Waals surface area contributed by atoms with Crippen LogP contribution in [-0.4, -0.2) is 36.2 Å². The molecule has 6 heteroatoms. The number of anilines is 1. The third kappa shape index (κ3) is 4.97. The smallest absolute Gasteiger partial charge is 0.320 e. The average molecular weight is 266 g/mol. The molecule has 0 aliphatic carbocycles. The van der Waals surface area contributed by atoms with Crippen LogP contribution in [0.15, 0.2) is 24.3 Å². The Morgan fingerprint density at radius 1 is 1.37 bits per heavy atom. The number of aliphatic carboxylic acids is 1. The van der Waals surface area contributed by atoms with Gasteiger partial charge in [0.15, 0.2) is 0 Å². The molecule has 0 radical (unpaired) electrons. The third-order valence-electron chi connectivity index (χ3n) is 2.40. The monoisotopic (exact) mass is 266 g/mol. The fourth-order valence-electron chi connectivity index (χ4n) is 1.38. The Labute approximate surface area is 111 Å². The summed E-state index contributed by atoms with van der Waals surface area (Å²) in [4.78, 5) is 22.3. The Hall–Kier alpha value is -2.08. The Bertz CT molecular complexity index is 448. The van der Waals surface area contributed by atoms with E-state index in [4.69, 9.17) is 9.84 Å². The highest BCUT2D eigenvalue weighted by Crippen LogP contribution is 2.23. The summed E-state index contributed by atoms with van der Waals surface area (Å²) < 4.78 is 5.37. The van der Waals surface area contributed by atoms with Gasteiger partial charge in [-0.1, -0.05) is 12.1 Å². The molecular formula is C13H18N2O4. The minimum atomic E-state index is -0.998. The van der Waals surface area contributed by atoms with Gasteiger partial charge in [-0.25, -0.2) is 0 Å². The van der Waals surface area contributed by atoms with Gasteiger partial charge in [0, 0.05) is 0 Å². The van der Waals surface area contributed by atoms with E-state index in [0.29, 0.717) is 18.0 Å². The van der Waals surface area contributed by atoms with E-state index < -0.39 is 12.0 Å². The van der Waals surface area contributed by atoms with Crippen LogP contribution < -0.4 is 15.4 Å². The molecule has 1 aromatic rings. The zero-order valence-electron chi connectivity index (χ0n) is 11.0. The molecule has 104 valence electrons. The lowest BCUT2D eigenvalue weighted by Gasteiger charge is -2.12. The number of para-hydroxylation sites is 2. The fourth-order valence-corrected chi connectivity index (χ4v) is 1.38. The molecule has 0 aromatic heterocycles. The lowest BCUT2D eigenvalue weighted by atomic mass is 10.3. The summed E-state index contributed by atoms with van der Waals surface area (Å²) in [5.74, 6) is -0.729. The maximum atomic E-state index is 11.7. The number of amides is 1. The van der Waals surface area contributed by atoms with Crippen molar-refractivity contribution in [1.82, 2.24) is 5.32 Å². The van der Waals surface area contributed by atoms with Crippen LogP contribution >= 0.6 is 0 Å². The van der Waals surface area contributed by atoms with Gasteiger partial charge in [-0.3, -0.25) is 14.9 Å². The third-order valence-corrected chi connectivity index (χ3v) is 2.40. The Morgan fingerprint density at radius 3 is 2.68 bits per heavy atom. The molecule has 0 saturated heterocycles. The van der Waals surface area contributed by atoms with E-state index in [9.17, 15) is 9.59 Å². The molecule has 6 nitrogen and oxygen atoms in total. The molecule has 3 N–H and O–H groups in total. The van der Waals surface area contributed by atoms with Gasteiger partial charge < -0.3 is 15.2 Å². The number of carbonyl (C=O) groups is 2. The number of carboxylic acids is 1. The summed E-state index contributed by atoms with van der Waals surface area (Å²) in [6.45, 7) is 3.76. The van der Waals surface area contributed by atoms with Crippen LogP contribution in [0, 0.1) is 0 Å². The second-order valence-electron chi connectivity index (χ2n) is 3.92. The number of benzene rings is 1. The van der Waals surface area contributed by atoms with Crippen LogP contribution in [-0.2, 0) is 9.59 Å². The quantitative estimate of drug-likeness (QED) is 0.687. The second kappa shape index (κ2) is 7.38. The summed E-state index contributed by atoms with van der Waals surface area (Å²) >= 11 is 0. The van der Waals surface area contributed by atoms with Crippen LogP contribution in [0.25, 0.3) is 0 Å². The summed E-state index contributed by atoms with van der Waals surface area (Å²) in [7, 11) is 0. The molecule has 19 heavy (non-hydrogen) atoms. The minimum absolute atomic E-state index is 0.0755. The van der Waals surface area contributed by atoms with E-state index in [1.807, 2.05) is 13.0 Å². The zero-order chi connectivity index (χ0) is 14.3. The van der Waals surface area contributed by atoms with Crippen LogP contribution in [0.3, 0.4) is 0 Å². The predicted octanol–water partition coefficient (Wildman–Crippen LogP) is 1.09. The van der Waals surface area contributed by atoms with Crippen molar-refractivity contribution in [3.05, 3.63) is 24.3 Å². The molecule has 0 bridgehead atoms. The minimum Gasteiger partial charge on any atom is -0.492 e. The number of hydrogen-bond acceptors (Lipinski definition) is 4. The van der Waals surface area contributed by atoms with E-state index in [2.05, 4.69) is 10.6 Å². The molecule has 1 amide bonds. The highest BCUT2D eigenvalue weighted by molar-refractivity contribution is 5.94. The normalized spacial score (nSPS) is 11.7. The molecule has 1 aromatic carbocycles. The van der Waals surface area contributed by atoms with Gasteiger partial charge in [-0.15, -0.1) is 0 Å². The van der Waals surface area contributed by atoms with E-state index in [0.717, 1.165) is 0 Å². The van der Waals surface area contributed by atoms with Gasteiger partial charge in [0.25, 0.3) is 0 Å². The number of ether oxygens (including phenoxy) is 1. The maximum absolute atomic E-state index is 11.7. The van der Waals surface area contributed by atoms with Gasteiger partial charge in [-0.2, -0.15) is 0 Å². The van der Waals surface area contributed by atoms with Crippen molar-refractivity contribution in [2.45, 2.75) is 19.9 Å². The van der Waals surface area contributed by atoms with Crippen molar-refractivity contribution in [3.8, 4) is 5.75 Å². The first-order valence-electron chi connectivity index (χ1n) is 6.02. The Morgan fingerprint density at radius 2 is 2.05 bits per heavy atom. The van der Waals surface area contributed by atoms with Crippen LogP contribution in [0.1, 0.15) is 13.8 Å². The largest absolute Gasteiger partial charge is 0.492 e.